The summed E-state index contributed by atoms with van der Waals surface area (Å²) in [6.07, 6.45) is 14.8. The number of hydrogen-bond donors (Lipinski definition) is 2. The van der Waals surface area contributed by atoms with Crippen molar-refractivity contribution >= 4 is 5.97 Å². The molecule has 1 heterocycles. The predicted octanol–water partition coefficient (Wildman–Crippen LogP) is 6.15. The van der Waals surface area contributed by atoms with E-state index < -0.39 is 5.97 Å². The van der Waals surface area contributed by atoms with Gasteiger partial charge >= 0.3 is 5.97 Å². The number of benzene rings is 1. The first-order chi connectivity index (χ1) is 16.5. The van der Waals surface area contributed by atoms with Crippen LogP contribution in [0.4, 0.5) is 0 Å². The van der Waals surface area contributed by atoms with E-state index in [1.165, 1.54) is 12.0 Å². The van der Waals surface area contributed by atoms with Crippen molar-refractivity contribution in [3.8, 4) is 0 Å². The standard InChI is InChI=1S/C29H44O5/c1-22-21-27(30)26(13-7-2-3-8-14-28(31)32)25(22)19-18-24(34-29-15-9-10-20-33-29)17-16-23-11-5-4-6-12-23/h2,4-7,11-12,22,24-27,29-30H,3,8-10,13-21H2,1H3,(H,31,32)/b7-2-/t22-,24+,25+,26-,27+,29?/m1/s1. The summed E-state index contributed by atoms with van der Waals surface area (Å²) in [6.45, 7) is 3.07. The molecular formula is C29H44O5. The summed E-state index contributed by atoms with van der Waals surface area (Å²) in [6, 6.07) is 10.6. The van der Waals surface area contributed by atoms with Gasteiger partial charge in [-0.15, -0.1) is 0 Å². The van der Waals surface area contributed by atoms with Gasteiger partial charge in [0, 0.05) is 13.0 Å². The fourth-order valence-corrected chi connectivity index (χ4v) is 5.67. The molecule has 0 radical (unpaired) electrons. The van der Waals surface area contributed by atoms with Crippen molar-refractivity contribution in [2.24, 2.45) is 17.8 Å². The topological polar surface area (TPSA) is 76.0 Å². The van der Waals surface area contributed by atoms with Crippen molar-refractivity contribution in [1.29, 1.82) is 0 Å². The van der Waals surface area contributed by atoms with E-state index in [9.17, 15) is 9.90 Å². The summed E-state index contributed by atoms with van der Waals surface area (Å²) < 4.78 is 12.4. The minimum atomic E-state index is -0.740. The summed E-state index contributed by atoms with van der Waals surface area (Å²) >= 11 is 0. The van der Waals surface area contributed by atoms with Gasteiger partial charge in [-0.25, -0.2) is 0 Å². The quantitative estimate of drug-likeness (QED) is 0.251. The third-order valence-electron chi connectivity index (χ3n) is 7.63. The summed E-state index contributed by atoms with van der Waals surface area (Å²) in [5, 5.41) is 19.5. The van der Waals surface area contributed by atoms with E-state index in [2.05, 4.69) is 49.4 Å². The van der Waals surface area contributed by atoms with Crippen molar-refractivity contribution in [1.82, 2.24) is 0 Å². The van der Waals surface area contributed by atoms with E-state index in [0.29, 0.717) is 18.3 Å². The van der Waals surface area contributed by atoms with Crippen LogP contribution in [0.2, 0.25) is 0 Å². The minimum absolute atomic E-state index is 0.0781. The molecule has 34 heavy (non-hydrogen) atoms. The Labute approximate surface area is 205 Å². The van der Waals surface area contributed by atoms with Crippen LogP contribution < -0.4 is 0 Å². The normalized spacial score (nSPS) is 28.4. The number of carboxylic acids is 1. The molecule has 1 saturated heterocycles. The molecule has 3 rings (SSSR count). The molecule has 190 valence electrons. The molecule has 2 aliphatic rings. The van der Waals surface area contributed by atoms with Crippen LogP contribution >= 0.6 is 0 Å². The Kier molecular flexibility index (Phi) is 11.6. The van der Waals surface area contributed by atoms with Crippen LogP contribution in [-0.2, 0) is 20.7 Å². The average molecular weight is 473 g/mol. The Morgan fingerprint density at radius 1 is 1.18 bits per heavy atom. The lowest BCUT2D eigenvalue weighted by Crippen LogP contribution is -2.29. The van der Waals surface area contributed by atoms with Gasteiger partial charge in [0.2, 0.25) is 0 Å². The lowest BCUT2D eigenvalue weighted by Gasteiger charge is -2.30. The monoisotopic (exact) mass is 472 g/mol. The SMILES string of the molecule is C[C@@H]1C[C@H](O)[C@H](C/C=C\CCCC(=O)O)[C@H]1CC[C@H](CCc1ccccc1)OC1CCCCO1. The molecule has 5 nitrogen and oxygen atoms in total. The van der Waals surface area contributed by atoms with Gasteiger partial charge in [-0.3, -0.25) is 4.79 Å². The van der Waals surface area contributed by atoms with E-state index in [-0.39, 0.29) is 30.8 Å². The molecule has 6 atom stereocenters. The van der Waals surface area contributed by atoms with Crippen molar-refractivity contribution in [2.45, 2.75) is 102 Å². The number of rotatable bonds is 14. The number of aliphatic hydroxyl groups is 1. The highest BCUT2D eigenvalue weighted by atomic mass is 16.7. The Balaban J connectivity index is 1.53. The minimum Gasteiger partial charge on any atom is -0.481 e. The number of carbonyl (C=O) groups is 1. The van der Waals surface area contributed by atoms with Gasteiger partial charge in [-0.05, 0) is 93.9 Å². The first-order valence-electron chi connectivity index (χ1n) is 13.4. The van der Waals surface area contributed by atoms with Crippen molar-refractivity contribution in [3.05, 3.63) is 48.0 Å². The van der Waals surface area contributed by atoms with Crippen LogP contribution in [0.5, 0.6) is 0 Å². The highest BCUT2D eigenvalue weighted by Gasteiger charge is 2.39. The van der Waals surface area contributed by atoms with Crippen LogP contribution in [0.1, 0.15) is 83.1 Å². The summed E-state index contributed by atoms with van der Waals surface area (Å²) in [7, 11) is 0. The van der Waals surface area contributed by atoms with Crippen LogP contribution in [0.25, 0.3) is 0 Å². The van der Waals surface area contributed by atoms with Gasteiger partial charge in [-0.1, -0.05) is 49.4 Å². The molecule has 0 amide bonds. The van der Waals surface area contributed by atoms with Gasteiger partial charge in [0.05, 0.1) is 12.2 Å². The first-order valence-corrected chi connectivity index (χ1v) is 13.4. The third-order valence-corrected chi connectivity index (χ3v) is 7.63. The average Bonchev–Trinajstić information content (AvgIpc) is 3.11. The third kappa shape index (κ3) is 9.16. The molecule has 1 saturated carbocycles. The van der Waals surface area contributed by atoms with Crippen molar-refractivity contribution in [2.75, 3.05) is 6.61 Å². The first kappa shape index (κ1) is 26.9. The fraction of sp³-hybridized carbons (Fsp3) is 0.690. The second-order valence-corrected chi connectivity index (χ2v) is 10.3. The number of hydrogen-bond acceptors (Lipinski definition) is 4. The maximum atomic E-state index is 10.7. The summed E-state index contributed by atoms with van der Waals surface area (Å²) in [4.78, 5) is 10.7. The molecule has 2 fully saturated rings. The van der Waals surface area contributed by atoms with Gasteiger partial charge in [0.25, 0.3) is 0 Å². The zero-order chi connectivity index (χ0) is 24.2. The van der Waals surface area contributed by atoms with E-state index in [1.807, 2.05) is 0 Å². The smallest absolute Gasteiger partial charge is 0.303 e. The fourth-order valence-electron chi connectivity index (χ4n) is 5.67. The van der Waals surface area contributed by atoms with Crippen LogP contribution in [-0.4, -0.2) is 41.3 Å². The maximum Gasteiger partial charge on any atom is 0.303 e. The largest absolute Gasteiger partial charge is 0.481 e. The lowest BCUT2D eigenvalue weighted by molar-refractivity contribution is -0.191. The molecule has 1 aliphatic carbocycles. The van der Waals surface area contributed by atoms with E-state index in [1.54, 1.807) is 0 Å². The number of aliphatic hydroxyl groups excluding tert-OH is 1. The molecule has 1 unspecified atom stereocenters. The van der Waals surface area contributed by atoms with Gasteiger partial charge in [0.15, 0.2) is 6.29 Å². The maximum absolute atomic E-state index is 10.7. The molecule has 1 aromatic rings. The van der Waals surface area contributed by atoms with Crippen LogP contribution in [0, 0.1) is 17.8 Å². The number of allylic oxidation sites excluding steroid dienone is 2. The Morgan fingerprint density at radius 3 is 2.74 bits per heavy atom. The highest BCUT2D eigenvalue weighted by Crippen LogP contribution is 2.42. The molecule has 1 aliphatic heterocycles. The molecule has 2 N–H and O–H groups in total. The van der Waals surface area contributed by atoms with Crippen molar-refractivity contribution < 1.29 is 24.5 Å². The zero-order valence-corrected chi connectivity index (χ0v) is 20.8. The molecule has 0 bridgehead atoms. The van der Waals surface area contributed by atoms with Gasteiger partial charge < -0.3 is 19.7 Å². The Hall–Kier alpha value is -1.69. The summed E-state index contributed by atoms with van der Waals surface area (Å²) in [5.74, 6) is 0.512. The number of unbranched alkanes of at least 4 members (excludes halogenated alkanes) is 1. The molecule has 0 aromatic heterocycles. The second kappa shape index (κ2) is 14.7. The highest BCUT2D eigenvalue weighted by molar-refractivity contribution is 5.66. The van der Waals surface area contributed by atoms with Crippen LogP contribution in [0.15, 0.2) is 42.5 Å². The van der Waals surface area contributed by atoms with Crippen molar-refractivity contribution in [3.63, 3.8) is 0 Å². The van der Waals surface area contributed by atoms with Crippen LogP contribution in [0.3, 0.4) is 0 Å². The lowest BCUT2D eigenvalue weighted by atomic mass is 9.83. The Morgan fingerprint density at radius 2 is 2.00 bits per heavy atom. The van der Waals surface area contributed by atoms with E-state index >= 15 is 0 Å². The van der Waals surface area contributed by atoms with E-state index in [4.69, 9.17) is 14.6 Å². The number of aryl methyl sites for hydroxylation is 1. The van der Waals surface area contributed by atoms with Gasteiger partial charge in [0.1, 0.15) is 0 Å². The van der Waals surface area contributed by atoms with Gasteiger partial charge in [-0.2, -0.15) is 0 Å². The molecular weight excluding hydrogens is 428 g/mol. The van der Waals surface area contributed by atoms with E-state index in [0.717, 1.165) is 64.4 Å². The second-order valence-electron chi connectivity index (χ2n) is 10.3. The number of ether oxygens (including phenoxy) is 2. The molecule has 0 spiro atoms. The summed E-state index contributed by atoms with van der Waals surface area (Å²) in [5.41, 5.74) is 1.34. The number of aliphatic carboxylic acids is 1. The zero-order valence-electron chi connectivity index (χ0n) is 20.8. The number of carboxylic acid groups (broad SMARTS) is 1. The Bertz CT molecular complexity index is 727. The predicted molar refractivity (Wildman–Crippen MR) is 134 cm³/mol. The molecule has 1 aromatic carbocycles. The molecule has 5 heteroatoms.